The Balaban J connectivity index is 0.000000180. The van der Waals surface area contributed by atoms with Crippen molar-refractivity contribution in [2.24, 2.45) is 10.9 Å². The third-order valence-electron chi connectivity index (χ3n) is 1.69. The van der Waals surface area contributed by atoms with Gasteiger partial charge in [0.25, 0.3) is 10.0 Å². The van der Waals surface area contributed by atoms with Gasteiger partial charge in [0.05, 0.1) is 0 Å². The van der Waals surface area contributed by atoms with Crippen LogP contribution in [-0.2, 0) is 10.0 Å². The van der Waals surface area contributed by atoms with Crippen LogP contribution in [-0.4, -0.2) is 24.7 Å². The lowest BCUT2D eigenvalue weighted by molar-refractivity contribution is 0.100. The van der Waals surface area contributed by atoms with Crippen molar-refractivity contribution in [3.05, 3.63) is 42.2 Å². The van der Waals surface area contributed by atoms with Crippen molar-refractivity contribution < 1.29 is 17.7 Å². The summed E-state index contributed by atoms with van der Waals surface area (Å²) in [5.41, 5.74) is 5.53. The summed E-state index contributed by atoms with van der Waals surface area (Å²) in [6, 6.07) is 8.76. The van der Waals surface area contributed by atoms with Gasteiger partial charge in [-0.3, -0.25) is 4.79 Å². The average Bonchev–Trinajstić information content (AvgIpc) is 2.84. The number of benzene rings is 1. The molecule has 0 aliphatic heterocycles. The van der Waals surface area contributed by atoms with Crippen molar-refractivity contribution in [3.8, 4) is 0 Å². The molecule has 1 aromatic carbocycles. The summed E-state index contributed by atoms with van der Waals surface area (Å²) in [7, 11) is -3.73. The molecular weight excluding hydrogens is 260 g/mol. The van der Waals surface area contributed by atoms with E-state index in [0.717, 1.165) is 6.26 Å². The quantitative estimate of drug-likeness (QED) is 0.753. The monoisotopic (exact) mass is 270 g/mol. The lowest BCUT2D eigenvalue weighted by atomic mass is 10.2. The molecule has 0 unspecified atom stereocenters. The third-order valence-corrected chi connectivity index (χ3v) is 2.45. The second kappa shape index (κ2) is 5.89. The summed E-state index contributed by atoms with van der Waals surface area (Å²) in [4.78, 5) is 10.4. The Morgan fingerprint density at radius 2 is 1.83 bits per heavy atom. The van der Waals surface area contributed by atoms with E-state index in [4.69, 9.17) is 5.73 Å². The van der Waals surface area contributed by atoms with Crippen LogP contribution in [0.1, 0.15) is 10.4 Å². The Hall–Kier alpha value is -2.26. The number of aromatic nitrogens is 2. The Labute approximate surface area is 103 Å². The maximum absolute atomic E-state index is 10.4. The number of primary sulfonamides is 1. The molecule has 0 spiro atoms. The normalized spacial score (nSPS) is 10.3. The van der Waals surface area contributed by atoms with Crippen LogP contribution in [0, 0.1) is 0 Å². The molecule has 8 nitrogen and oxygen atoms in total. The van der Waals surface area contributed by atoms with Crippen LogP contribution in [0.2, 0.25) is 0 Å². The summed E-state index contributed by atoms with van der Waals surface area (Å²) in [5, 5.41) is 10.2. The van der Waals surface area contributed by atoms with Crippen LogP contribution >= 0.6 is 0 Å². The number of nitrogens with zero attached hydrogens (tertiary/aromatic N) is 2. The number of rotatable bonds is 2. The predicted octanol–water partition coefficient (Wildman–Crippen LogP) is -0.498. The number of amides is 1. The number of carbonyl (C=O) groups is 1. The number of nitrogens with two attached hydrogens (primary N) is 2. The summed E-state index contributed by atoms with van der Waals surface area (Å²) in [6.45, 7) is 0. The topological polar surface area (TPSA) is 142 Å². The van der Waals surface area contributed by atoms with Crippen molar-refractivity contribution in [3.63, 3.8) is 0 Å². The van der Waals surface area contributed by atoms with Crippen LogP contribution in [0.15, 0.2) is 46.1 Å². The maximum Gasteiger partial charge on any atom is 0.260 e. The van der Waals surface area contributed by atoms with Gasteiger partial charge in [-0.1, -0.05) is 23.3 Å². The number of primary amides is 1. The van der Waals surface area contributed by atoms with Gasteiger partial charge < -0.3 is 10.3 Å². The molecule has 0 atom stereocenters. The lowest BCUT2D eigenvalue weighted by Gasteiger charge is -1.89. The van der Waals surface area contributed by atoms with Gasteiger partial charge in [0, 0.05) is 10.8 Å². The fourth-order valence-corrected chi connectivity index (χ4v) is 1.21. The highest BCUT2D eigenvalue weighted by Gasteiger charge is 2.10. The van der Waals surface area contributed by atoms with Gasteiger partial charge >= 0.3 is 0 Å². The second-order valence-corrected chi connectivity index (χ2v) is 4.53. The van der Waals surface area contributed by atoms with E-state index in [1.54, 1.807) is 24.3 Å². The van der Waals surface area contributed by atoms with Crippen molar-refractivity contribution >= 4 is 15.9 Å². The van der Waals surface area contributed by atoms with Crippen molar-refractivity contribution in [1.82, 2.24) is 10.4 Å². The molecule has 2 rings (SSSR count). The molecule has 0 bridgehead atoms. The SMILES string of the molecule is NC(=O)c1ccccc1.NS(=O)(=O)c1conn1. The van der Waals surface area contributed by atoms with Gasteiger partial charge in [-0.15, -0.1) is 0 Å². The molecule has 0 saturated carbocycles. The Bertz CT molecular complexity index is 595. The first kappa shape index (κ1) is 13.8. The van der Waals surface area contributed by atoms with Crippen LogP contribution in [0.5, 0.6) is 0 Å². The fraction of sp³-hybridized carbons (Fsp3) is 0. The fourth-order valence-electron chi connectivity index (χ4n) is 0.882. The van der Waals surface area contributed by atoms with Crippen LogP contribution < -0.4 is 10.9 Å². The smallest absolute Gasteiger partial charge is 0.260 e. The third kappa shape index (κ3) is 4.31. The van der Waals surface area contributed by atoms with Gasteiger partial charge in [0.1, 0.15) is 0 Å². The minimum absolute atomic E-state index is 0.359. The average molecular weight is 270 g/mol. The van der Waals surface area contributed by atoms with E-state index in [1.807, 2.05) is 6.07 Å². The highest BCUT2D eigenvalue weighted by Crippen LogP contribution is 1.96. The van der Waals surface area contributed by atoms with E-state index in [2.05, 4.69) is 20.0 Å². The van der Waals surface area contributed by atoms with Crippen LogP contribution in [0.4, 0.5) is 0 Å². The zero-order valence-corrected chi connectivity index (χ0v) is 9.87. The Morgan fingerprint density at radius 3 is 2.11 bits per heavy atom. The van der Waals surface area contributed by atoms with Gasteiger partial charge in [-0.25, -0.2) is 13.6 Å². The van der Waals surface area contributed by atoms with Gasteiger partial charge in [-0.2, -0.15) is 0 Å². The zero-order valence-electron chi connectivity index (χ0n) is 9.05. The van der Waals surface area contributed by atoms with Crippen LogP contribution in [0.3, 0.4) is 0 Å². The zero-order chi connectivity index (χ0) is 13.6. The first-order valence-corrected chi connectivity index (χ1v) is 6.10. The van der Waals surface area contributed by atoms with Gasteiger partial charge in [0.15, 0.2) is 6.26 Å². The van der Waals surface area contributed by atoms with Crippen molar-refractivity contribution in [1.29, 1.82) is 0 Å². The largest absolute Gasteiger partial charge is 0.366 e. The molecule has 1 heterocycles. The minimum Gasteiger partial charge on any atom is -0.366 e. The number of hydrogen-bond donors (Lipinski definition) is 2. The molecule has 0 fully saturated rings. The molecule has 0 saturated heterocycles. The summed E-state index contributed by atoms with van der Waals surface area (Å²) >= 11 is 0. The molecule has 0 aliphatic rings. The number of sulfonamides is 1. The van der Waals surface area contributed by atoms with Crippen molar-refractivity contribution in [2.45, 2.75) is 5.03 Å². The number of carbonyl (C=O) groups excluding carboxylic acids is 1. The van der Waals surface area contributed by atoms with Crippen molar-refractivity contribution in [2.75, 3.05) is 0 Å². The molecule has 18 heavy (non-hydrogen) atoms. The Kier molecular flexibility index (Phi) is 4.52. The summed E-state index contributed by atoms with van der Waals surface area (Å²) < 4.78 is 24.7. The summed E-state index contributed by atoms with van der Waals surface area (Å²) in [5.74, 6) is -0.379. The van der Waals surface area contributed by atoms with E-state index in [0.29, 0.717) is 5.56 Å². The van der Waals surface area contributed by atoms with E-state index in [9.17, 15) is 13.2 Å². The molecule has 1 amide bonds. The predicted molar refractivity (Wildman–Crippen MR) is 60.6 cm³/mol. The Morgan fingerprint density at radius 1 is 1.22 bits per heavy atom. The van der Waals surface area contributed by atoms with E-state index >= 15 is 0 Å². The maximum atomic E-state index is 10.4. The number of hydrogen-bond acceptors (Lipinski definition) is 6. The molecule has 2 aromatic rings. The second-order valence-electron chi connectivity index (χ2n) is 3.02. The standard InChI is InChI=1S/C7H7NO.C2H3N3O3S/c8-7(9)6-4-2-1-3-5-6;3-9(6,7)2-1-8-5-4-2/h1-5H,(H2,8,9);1H,(H2,3,6,7). The molecule has 1 aromatic heterocycles. The molecule has 0 aliphatic carbocycles. The van der Waals surface area contributed by atoms with Gasteiger partial charge in [0.2, 0.25) is 10.9 Å². The van der Waals surface area contributed by atoms with E-state index in [1.165, 1.54) is 0 Å². The highest BCUT2D eigenvalue weighted by atomic mass is 32.2. The summed E-state index contributed by atoms with van der Waals surface area (Å²) in [6.07, 6.45) is 0.856. The van der Waals surface area contributed by atoms with Gasteiger partial charge in [-0.05, 0) is 12.1 Å². The molecule has 9 heteroatoms. The van der Waals surface area contributed by atoms with E-state index < -0.39 is 10.0 Å². The first-order valence-electron chi connectivity index (χ1n) is 4.56. The first-order chi connectivity index (χ1) is 8.41. The molecular formula is C9H10N4O4S. The minimum atomic E-state index is -3.73. The van der Waals surface area contributed by atoms with E-state index in [-0.39, 0.29) is 10.9 Å². The molecule has 96 valence electrons. The molecule has 0 radical (unpaired) electrons. The molecule has 4 N–H and O–H groups in total. The highest BCUT2D eigenvalue weighted by molar-refractivity contribution is 7.89. The van der Waals surface area contributed by atoms with Crippen LogP contribution in [0.25, 0.3) is 0 Å². The lowest BCUT2D eigenvalue weighted by Crippen LogP contribution is -2.12.